The summed E-state index contributed by atoms with van der Waals surface area (Å²) in [5.74, 6) is -0.0356. The van der Waals surface area contributed by atoms with Crippen LogP contribution in [0.1, 0.15) is 38.8 Å². The molecular weight excluding hydrogens is 366 g/mol. The molecule has 0 saturated carbocycles. The Morgan fingerprint density at radius 3 is 2.45 bits per heavy atom. The van der Waals surface area contributed by atoms with Crippen LogP contribution in [0.15, 0.2) is 60.8 Å². The van der Waals surface area contributed by atoms with Gasteiger partial charge in [0, 0.05) is 23.1 Å². The molecule has 148 valence electrons. The molecular formula is C23H23N3O3. The van der Waals surface area contributed by atoms with Crippen LogP contribution >= 0.6 is 0 Å². The van der Waals surface area contributed by atoms with Gasteiger partial charge in [0.2, 0.25) is 0 Å². The predicted octanol–water partition coefficient (Wildman–Crippen LogP) is 4.87. The summed E-state index contributed by atoms with van der Waals surface area (Å²) in [5, 5.41) is 6.08. The van der Waals surface area contributed by atoms with Crippen molar-refractivity contribution < 1.29 is 14.3 Å². The molecule has 0 spiro atoms. The third-order valence-corrected chi connectivity index (χ3v) is 4.33. The second-order valence-electron chi connectivity index (χ2n) is 6.63. The molecule has 0 saturated heterocycles. The van der Waals surface area contributed by atoms with Crippen molar-refractivity contribution in [3.63, 3.8) is 0 Å². The van der Waals surface area contributed by atoms with Gasteiger partial charge in [-0.15, -0.1) is 0 Å². The van der Waals surface area contributed by atoms with E-state index in [1.165, 1.54) is 0 Å². The molecule has 6 heteroatoms. The molecule has 0 aliphatic carbocycles. The van der Waals surface area contributed by atoms with E-state index in [1.807, 2.05) is 32.0 Å². The smallest absolute Gasteiger partial charge is 0.338 e. The molecule has 0 aliphatic heterocycles. The highest BCUT2D eigenvalue weighted by Gasteiger charge is 2.10. The van der Waals surface area contributed by atoms with Crippen molar-refractivity contribution in [3.8, 4) is 0 Å². The van der Waals surface area contributed by atoms with E-state index in [0.717, 1.165) is 22.5 Å². The second-order valence-corrected chi connectivity index (χ2v) is 6.63. The molecule has 0 atom stereocenters. The summed E-state index contributed by atoms with van der Waals surface area (Å²) in [6, 6.07) is 16.1. The van der Waals surface area contributed by atoms with E-state index in [2.05, 4.69) is 15.6 Å². The molecule has 0 fully saturated rings. The lowest BCUT2D eigenvalue weighted by molar-refractivity contribution is 0.0526. The Morgan fingerprint density at radius 1 is 0.966 bits per heavy atom. The summed E-state index contributed by atoms with van der Waals surface area (Å²) in [5.41, 5.74) is 4.58. The van der Waals surface area contributed by atoms with Crippen LogP contribution in [0.4, 0.5) is 17.2 Å². The number of nitrogens with one attached hydrogen (secondary N) is 2. The van der Waals surface area contributed by atoms with E-state index in [1.54, 1.807) is 49.5 Å². The number of amides is 1. The molecule has 0 unspecified atom stereocenters. The van der Waals surface area contributed by atoms with Crippen molar-refractivity contribution in [1.82, 2.24) is 4.98 Å². The van der Waals surface area contributed by atoms with Gasteiger partial charge in [0.15, 0.2) is 0 Å². The van der Waals surface area contributed by atoms with Crippen LogP contribution in [0, 0.1) is 13.8 Å². The number of carbonyl (C=O) groups is 2. The van der Waals surface area contributed by atoms with Gasteiger partial charge in [0.05, 0.1) is 12.2 Å². The number of hydrogen-bond donors (Lipinski definition) is 2. The first kappa shape index (κ1) is 20.1. The first-order valence-electron chi connectivity index (χ1n) is 9.35. The number of esters is 1. The van der Waals surface area contributed by atoms with Crippen LogP contribution in [0.25, 0.3) is 0 Å². The van der Waals surface area contributed by atoms with Gasteiger partial charge in [0.1, 0.15) is 5.82 Å². The molecule has 0 bridgehead atoms. The van der Waals surface area contributed by atoms with E-state index in [4.69, 9.17) is 4.74 Å². The maximum absolute atomic E-state index is 12.6. The average molecular weight is 389 g/mol. The van der Waals surface area contributed by atoms with Crippen molar-refractivity contribution in [2.24, 2.45) is 0 Å². The lowest BCUT2D eigenvalue weighted by Crippen LogP contribution is -2.13. The molecule has 2 aromatic carbocycles. The predicted molar refractivity (Wildman–Crippen MR) is 114 cm³/mol. The molecule has 1 heterocycles. The molecule has 1 amide bonds. The van der Waals surface area contributed by atoms with Crippen LogP contribution in [-0.4, -0.2) is 23.5 Å². The summed E-state index contributed by atoms with van der Waals surface area (Å²) >= 11 is 0. The SMILES string of the molecule is CCOC(=O)c1ccc(Nc2cc(C(=O)Nc3cc(C)ccc3C)ccn2)cc1. The number of anilines is 3. The summed E-state index contributed by atoms with van der Waals surface area (Å²) in [6.45, 7) is 6.04. The lowest BCUT2D eigenvalue weighted by Gasteiger charge is -2.11. The van der Waals surface area contributed by atoms with E-state index in [0.29, 0.717) is 23.6 Å². The first-order chi connectivity index (χ1) is 14.0. The van der Waals surface area contributed by atoms with Crippen molar-refractivity contribution in [3.05, 3.63) is 83.0 Å². The maximum atomic E-state index is 12.6. The van der Waals surface area contributed by atoms with Crippen molar-refractivity contribution in [2.75, 3.05) is 17.2 Å². The third-order valence-electron chi connectivity index (χ3n) is 4.33. The van der Waals surface area contributed by atoms with Gasteiger partial charge in [-0.05, 0) is 74.4 Å². The number of benzene rings is 2. The number of aryl methyl sites for hydroxylation is 2. The Balaban J connectivity index is 1.71. The highest BCUT2D eigenvalue weighted by Crippen LogP contribution is 2.20. The number of ether oxygens (including phenoxy) is 1. The fourth-order valence-electron chi connectivity index (χ4n) is 2.76. The fraction of sp³-hybridized carbons (Fsp3) is 0.174. The standard InChI is InChI=1S/C23H23N3O3/c1-4-29-23(28)17-7-9-19(10-8-17)25-21-14-18(11-12-24-21)22(27)26-20-13-15(2)5-6-16(20)3/h5-14H,4H2,1-3H3,(H,24,25)(H,26,27). The van der Waals surface area contributed by atoms with Gasteiger partial charge in [-0.3, -0.25) is 4.79 Å². The lowest BCUT2D eigenvalue weighted by atomic mass is 10.1. The molecule has 2 N–H and O–H groups in total. The molecule has 29 heavy (non-hydrogen) atoms. The van der Waals surface area contributed by atoms with Crippen molar-refractivity contribution in [1.29, 1.82) is 0 Å². The quantitative estimate of drug-likeness (QED) is 0.588. The monoisotopic (exact) mass is 389 g/mol. The number of hydrogen-bond acceptors (Lipinski definition) is 5. The fourth-order valence-corrected chi connectivity index (χ4v) is 2.76. The van der Waals surface area contributed by atoms with Gasteiger partial charge in [-0.25, -0.2) is 9.78 Å². The molecule has 1 aromatic heterocycles. The zero-order valence-corrected chi connectivity index (χ0v) is 16.7. The number of nitrogens with zero attached hydrogens (tertiary/aromatic N) is 1. The van der Waals surface area contributed by atoms with E-state index >= 15 is 0 Å². The Labute approximate surface area is 169 Å². The summed E-state index contributed by atoms with van der Waals surface area (Å²) in [6.07, 6.45) is 1.58. The molecule has 3 aromatic rings. The van der Waals surface area contributed by atoms with Gasteiger partial charge in [-0.2, -0.15) is 0 Å². The average Bonchev–Trinajstić information content (AvgIpc) is 2.71. The van der Waals surface area contributed by atoms with Crippen LogP contribution < -0.4 is 10.6 Å². The Kier molecular flexibility index (Phi) is 6.24. The highest BCUT2D eigenvalue weighted by atomic mass is 16.5. The van der Waals surface area contributed by atoms with Gasteiger partial charge in [0.25, 0.3) is 5.91 Å². The van der Waals surface area contributed by atoms with Crippen LogP contribution in [0.5, 0.6) is 0 Å². The van der Waals surface area contributed by atoms with E-state index < -0.39 is 0 Å². The number of aromatic nitrogens is 1. The molecule has 3 rings (SSSR count). The minimum Gasteiger partial charge on any atom is -0.462 e. The number of carbonyl (C=O) groups excluding carboxylic acids is 2. The second kappa shape index (κ2) is 9.01. The van der Waals surface area contributed by atoms with Gasteiger partial charge >= 0.3 is 5.97 Å². The summed E-state index contributed by atoms with van der Waals surface area (Å²) < 4.78 is 4.98. The summed E-state index contributed by atoms with van der Waals surface area (Å²) in [7, 11) is 0. The molecule has 6 nitrogen and oxygen atoms in total. The first-order valence-corrected chi connectivity index (χ1v) is 9.35. The van der Waals surface area contributed by atoms with Crippen LogP contribution in [0.3, 0.4) is 0 Å². The minimum atomic E-state index is -0.359. The van der Waals surface area contributed by atoms with E-state index in [-0.39, 0.29) is 11.9 Å². The van der Waals surface area contributed by atoms with Crippen molar-refractivity contribution in [2.45, 2.75) is 20.8 Å². The zero-order chi connectivity index (χ0) is 20.8. The Morgan fingerprint density at radius 2 is 1.72 bits per heavy atom. The summed E-state index contributed by atoms with van der Waals surface area (Å²) in [4.78, 5) is 28.6. The minimum absolute atomic E-state index is 0.207. The normalized spacial score (nSPS) is 10.3. The Hall–Kier alpha value is -3.67. The largest absolute Gasteiger partial charge is 0.462 e. The zero-order valence-electron chi connectivity index (χ0n) is 16.7. The van der Waals surface area contributed by atoms with Crippen LogP contribution in [-0.2, 0) is 4.74 Å². The highest BCUT2D eigenvalue weighted by molar-refractivity contribution is 6.05. The van der Waals surface area contributed by atoms with E-state index in [9.17, 15) is 9.59 Å². The van der Waals surface area contributed by atoms with Gasteiger partial charge in [-0.1, -0.05) is 12.1 Å². The third kappa shape index (κ3) is 5.19. The van der Waals surface area contributed by atoms with Crippen molar-refractivity contribution >= 4 is 29.1 Å². The number of rotatable bonds is 6. The number of pyridine rings is 1. The molecule has 0 radical (unpaired) electrons. The van der Waals surface area contributed by atoms with Gasteiger partial charge < -0.3 is 15.4 Å². The maximum Gasteiger partial charge on any atom is 0.338 e. The molecule has 0 aliphatic rings. The Bertz CT molecular complexity index is 1030. The topological polar surface area (TPSA) is 80.3 Å². The van der Waals surface area contributed by atoms with Crippen LogP contribution in [0.2, 0.25) is 0 Å².